The quantitative estimate of drug-likeness (QED) is 0.386. The van der Waals surface area contributed by atoms with E-state index in [1.165, 1.54) is 27.8 Å². The Hall–Kier alpha value is -3.31. The molecule has 0 bridgehead atoms. The molecule has 0 fully saturated rings. The number of nitrogens with zero attached hydrogens (tertiary/aromatic N) is 1. The molecule has 0 unspecified atom stereocenters. The normalized spacial score (nSPS) is 13.7. The SMILES string of the molecule is CCCCc1ccc(N2C(=O)C(Nc3ccc(C)c(C)c3)=C(Sc3ccccc3)C2=O)cc1. The van der Waals surface area contributed by atoms with Crippen molar-refractivity contribution in [1.82, 2.24) is 0 Å². The fourth-order valence-corrected chi connectivity index (χ4v) is 4.66. The van der Waals surface area contributed by atoms with Crippen LogP contribution in [0.15, 0.2) is 88.3 Å². The molecule has 0 aromatic heterocycles. The first kappa shape index (κ1) is 22.9. The lowest BCUT2D eigenvalue weighted by atomic mass is 10.1. The lowest BCUT2D eigenvalue weighted by Crippen LogP contribution is -2.32. The maximum Gasteiger partial charge on any atom is 0.283 e. The Morgan fingerprint density at radius 1 is 0.848 bits per heavy atom. The summed E-state index contributed by atoms with van der Waals surface area (Å²) in [5.74, 6) is -0.639. The highest BCUT2D eigenvalue weighted by atomic mass is 32.2. The summed E-state index contributed by atoms with van der Waals surface area (Å²) in [6.07, 6.45) is 3.23. The molecule has 4 nitrogen and oxygen atoms in total. The van der Waals surface area contributed by atoms with Crippen LogP contribution >= 0.6 is 11.8 Å². The smallest absolute Gasteiger partial charge is 0.283 e. The molecule has 0 saturated heterocycles. The van der Waals surface area contributed by atoms with Gasteiger partial charge in [0.05, 0.1) is 5.69 Å². The zero-order chi connectivity index (χ0) is 23.4. The van der Waals surface area contributed by atoms with E-state index in [0.29, 0.717) is 16.3 Å². The number of benzene rings is 3. The molecule has 0 radical (unpaired) electrons. The van der Waals surface area contributed by atoms with Crippen LogP contribution in [0.25, 0.3) is 0 Å². The number of carbonyl (C=O) groups is 2. The second-order valence-electron chi connectivity index (χ2n) is 8.26. The number of amides is 2. The summed E-state index contributed by atoms with van der Waals surface area (Å²) in [4.78, 5) is 29.6. The third kappa shape index (κ3) is 5.04. The lowest BCUT2D eigenvalue weighted by molar-refractivity contribution is -0.120. The summed E-state index contributed by atoms with van der Waals surface area (Å²) in [7, 11) is 0. The summed E-state index contributed by atoms with van der Waals surface area (Å²) in [5.41, 5.74) is 5.19. The molecule has 0 atom stereocenters. The van der Waals surface area contributed by atoms with Crippen LogP contribution in [0, 0.1) is 13.8 Å². The predicted octanol–water partition coefficient (Wildman–Crippen LogP) is 6.64. The molecule has 3 aromatic carbocycles. The van der Waals surface area contributed by atoms with Crippen molar-refractivity contribution in [3.63, 3.8) is 0 Å². The van der Waals surface area contributed by atoms with Gasteiger partial charge in [-0.15, -0.1) is 0 Å². The molecule has 5 heteroatoms. The molecular weight excluding hydrogens is 428 g/mol. The van der Waals surface area contributed by atoms with Crippen LogP contribution in [0.3, 0.4) is 0 Å². The number of thioether (sulfide) groups is 1. The number of aryl methyl sites for hydroxylation is 3. The maximum atomic E-state index is 13.5. The standard InChI is InChI=1S/C28H28N2O2S/c1-4-5-9-21-13-16-23(17-14-21)30-27(31)25(29-22-15-12-19(2)20(3)18-22)26(28(30)32)33-24-10-7-6-8-11-24/h6-8,10-18,29H,4-5,9H2,1-3H3. The van der Waals surface area contributed by atoms with Crippen molar-refractivity contribution in [1.29, 1.82) is 0 Å². The van der Waals surface area contributed by atoms with E-state index >= 15 is 0 Å². The molecule has 1 aliphatic rings. The number of rotatable bonds is 8. The van der Waals surface area contributed by atoms with E-state index in [1.807, 2.05) is 86.6 Å². The number of carbonyl (C=O) groups excluding carboxylic acids is 2. The van der Waals surface area contributed by atoms with Crippen LogP contribution < -0.4 is 10.2 Å². The molecule has 2 amide bonds. The maximum absolute atomic E-state index is 13.5. The number of nitrogens with one attached hydrogen (secondary N) is 1. The van der Waals surface area contributed by atoms with E-state index in [2.05, 4.69) is 12.2 Å². The van der Waals surface area contributed by atoms with Crippen LogP contribution in [0.4, 0.5) is 11.4 Å². The average molecular weight is 457 g/mol. The highest BCUT2D eigenvalue weighted by Crippen LogP contribution is 2.38. The lowest BCUT2D eigenvalue weighted by Gasteiger charge is -2.16. The van der Waals surface area contributed by atoms with Gasteiger partial charge in [-0.2, -0.15) is 0 Å². The van der Waals surface area contributed by atoms with Crippen LogP contribution in [0.5, 0.6) is 0 Å². The van der Waals surface area contributed by atoms with Gasteiger partial charge in [-0.05, 0) is 79.8 Å². The van der Waals surface area contributed by atoms with Crippen molar-refractivity contribution in [3.05, 3.63) is 100 Å². The Labute approximate surface area is 199 Å². The fraction of sp³-hybridized carbons (Fsp3) is 0.214. The van der Waals surface area contributed by atoms with Crippen molar-refractivity contribution in [2.75, 3.05) is 10.2 Å². The van der Waals surface area contributed by atoms with Crippen molar-refractivity contribution < 1.29 is 9.59 Å². The van der Waals surface area contributed by atoms with Gasteiger partial charge < -0.3 is 5.32 Å². The van der Waals surface area contributed by atoms with Gasteiger partial charge in [-0.25, -0.2) is 4.90 Å². The van der Waals surface area contributed by atoms with Crippen molar-refractivity contribution in [2.45, 2.75) is 44.9 Å². The molecule has 4 rings (SSSR count). The Balaban J connectivity index is 1.68. The van der Waals surface area contributed by atoms with E-state index in [1.54, 1.807) is 0 Å². The van der Waals surface area contributed by atoms with Gasteiger partial charge in [0.1, 0.15) is 10.6 Å². The van der Waals surface area contributed by atoms with Crippen LogP contribution in [-0.4, -0.2) is 11.8 Å². The van der Waals surface area contributed by atoms with Gasteiger partial charge in [-0.3, -0.25) is 9.59 Å². The number of imide groups is 1. The molecule has 0 spiro atoms. The molecule has 0 saturated carbocycles. The minimum Gasteiger partial charge on any atom is -0.350 e. The summed E-state index contributed by atoms with van der Waals surface area (Å²) in [5, 5.41) is 3.25. The minimum absolute atomic E-state index is 0.304. The molecule has 1 heterocycles. The van der Waals surface area contributed by atoms with Gasteiger partial charge in [0, 0.05) is 10.6 Å². The number of anilines is 2. The first-order valence-corrected chi connectivity index (χ1v) is 12.1. The summed E-state index contributed by atoms with van der Waals surface area (Å²) >= 11 is 1.32. The van der Waals surface area contributed by atoms with Gasteiger partial charge >= 0.3 is 0 Å². The number of unbranched alkanes of at least 4 members (excludes halogenated alkanes) is 1. The molecule has 0 aliphatic carbocycles. The summed E-state index contributed by atoms with van der Waals surface area (Å²) in [6.45, 7) is 6.24. The molecule has 3 aromatic rings. The first-order valence-electron chi connectivity index (χ1n) is 11.3. The van der Waals surface area contributed by atoms with Gasteiger partial charge in [0.25, 0.3) is 11.8 Å². The van der Waals surface area contributed by atoms with E-state index in [0.717, 1.165) is 35.4 Å². The van der Waals surface area contributed by atoms with Crippen molar-refractivity contribution in [3.8, 4) is 0 Å². The Morgan fingerprint density at radius 3 is 2.24 bits per heavy atom. The first-order chi connectivity index (χ1) is 16.0. The number of hydrogen-bond donors (Lipinski definition) is 1. The zero-order valence-corrected chi connectivity index (χ0v) is 20.0. The van der Waals surface area contributed by atoms with E-state index in [4.69, 9.17) is 0 Å². The highest BCUT2D eigenvalue weighted by Gasteiger charge is 2.40. The molecule has 168 valence electrons. The third-order valence-corrected chi connectivity index (χ3v) is 6.88. The monoisotopic (exact) mass is 456 g/mol. The fourth-order valence-electron chi connectivity index (χ4n) is 3.71. The van der Waals surface area contributed by atoms with E-state index < -0.39 is 0 Å². The topological polar surface area (TPSA) is 49.4 Å². The second-order valence-corrected chi connectivity index (χ2v) is 9.34. The highest BCUT2D eigenvalue weighted by molar-refractivity contribution is 8.04. The largest absolute Gasteiger partial charge is 0.350 e. The molecule has 33 heavy (non-hydrogen) atoms. The van der Waals surface area contributed by atoms with E-state index in [-0.39, 0.29) is 11.8 Å². The molecule has 1 N–H and O–H groups in total. The van der Waals surface area contributed by atoms with Crippen LogP contribution in [0.2, 0.25) is 0 Å². The second kappa shape index (κ2) is 10.1. The minimum atomic E-state index is -0.335. The zero-order valence-electron chi connectivity index (χ0n) is 19.2. The molecule has 1 aliphatic heterocycles. The van der Waals surface area contributed by atoms with E-state index in [9.17, 15) is 9.59 Å². The van der Waals surface area contributed by atoms with Gasteiger partial charge in [0.15, 0.2) is 0 Å². The van der Waals surface area contributed by atoms with Gasteiger partial charge in [-0.1, -0.05) is 61.5 Å². The third-order valence-electron chi connectivity index (χ3n) is 5.79. The summed E-state index contributed by atoms with van der Waals surface area (Å²) < 4.78 is 0. The van der Waals surface area contributed by atoms with Crippen molar-refractivity contribution in [2.24, 2.45) is 0 Å². The van der Waals surface area contributed by atoms with Gasteiger partial charge in [0.2, 0.25) is 0 Å². The summed E-state index contributed by atoms with van der Waals surface area (Å²) in [6, 6.07) is 23.3. The van der Waals surface area contributed by atoms with Crippen LogP contribution in [0.1, 0.15) is 36.5 Å². The number of hydrogen-bond acceptors (Lipinski definition) is 4. The Bertz CT molecular complexity index is 1200. The van der Waals surface area contributed by atoms with Crippen LogP contribution in [-0.2, 0) is 16.0 Å². The Kier molecular flexibility index (Phi) is 6.99. The predicted molar refractivity (Wildman–Crippen MR) is 136 cm³/mol. The Morgan fingerprint density at radius 2 is 1.58 bits per heavy atom. The molecular formula is C28H28N2O2S. The van der Waals surface area contributed by atoms with Crippen molar-refractivity contribution >= 4 is 35.0 Å². The average Bonchev–Trinajstić information content (AvgIpc) is 3.05.